The zero-order valence-electron chi connectivity index (χ0n) is 6.79. The third kappa shape index (κ3) is 0.935. The maximum Gasteiger partial charge on any atom is 0.0846 e. The molecule has 3 nitrogen and oxygen atoms in total. The summed E-state index contributed by atoms with van der Waals surface area (Å²) >= 11 is 0. The van der Waals surface area contributed by atoms with Gasteiger partial charge in [-0.3, -0.25) is 9.11 Å². The van der Waals surface area contributed by atoms with Crippen LogP contribution in [0.25, 0.3) is 0 Å². The lowest BCUT2D eigenvalue weighted by molar-refractivity contribution is 0.146. The summed E-state index contributed by atoms with van der Waals surface area (Å²) in [6.07, 6.45) is 2.01. The molecular formula is C7H15NO2S. The number of nitrogens with zero attached hydrogens (tertiary/aromatic N) is 1. The van der Waals surface area contributed by atoms with E-state index in [1.54, 1.807) is 0 Å². The zero-order valence-corrected chi connectivity index (χ0v) is 7.60. The van der Waals surface area contributed by atoms with Crippen LogP contribution in [-0.2, 0) is 0 Å². The van der Waals surface area contributed by atoms with Crippen molar-refractivity contribution < 1.29 is 9.11 Å². The van der Waals surface area contributed by atoms with Gasteiger partial charge in [0.05, 0.1) is 4.75 Å². The number of hydrogen-bond acceptors (Lipinski definition) is 3. The van der Waals surface area contributed by atoms with E-state index in [-0.39, 0.29) is 4.75 Å². The maximum absolute atomic E-state index is 9.69. The summed E-state index contributed by atoms with van der Waals surface area (Å²) in [5.41, 5.74) is 0. The van der Waals surface area contributed by atoms with Crippen molar-refractivity contribution in [2.75, 3.05) is 25.9 Å². The Balaban J connectivity index is 2.14. The summed E-state index contributed by atoms with van der Waals surface area (Å²) in [7, 11) is -0.198. The Hall–Kier alpha value is 0.230. The Morgan fingerprint density at radius 3 is 2.36 bits per heavy atom. The Morgan fingerprint density at radius 1 is 1.36 bits per heavy atom. The Bertz CT molecular complexity index is 177. The molecule has 2 N–H and O–H groups in total. The first-order valence-electron chi connectivity index (χ1n) is 4.00. The molecule has 2 rings (SSSR count). The summed E-state index contributed by atoms with van der Waals surface area (Å²) in [6.45, 7) is 1.77. The van der Waals surface area contributed by atoms with E-state index in [9.17, 15) is 9.11 Å². The molecule has 0 radical (unpaired) electrons. The molecular weight excluding hydrogens is 162 g/mol. The monoisotopic (exact) mass is 177 g/mol. The van der Waals surface area contributed by atoms with Gasteiger partial charge in [-0.1, -0.05) is 0 Å². The van der Waals surface area contributed by atoms with Gasteiger partial charge in [0.1, 0.15) is 0 Å². The van der Waals surface area contributed by atoms with Crippen LogP contribution in [0.5, 0.6) is 0 Å². The highest BCUT2D eigenvalue weighted by Crippen LogP contribution is 2.63. The third-order valence-corrected chi connectivity index (χ3v) is 5.58. The van der Waals surface area contributed by atoms with E-state index in [0.717, 1.165) is 25.9 Å². The molecule has 66 valence electrons. The van der Waals surface area contributed by atoms with E-state index in [2.05, 4.69) is 4.90 Å². The predicted molar refractivity (Wildman–Crippen MR) is 47.2 cm³/mol. The van der Waals surface area contributed by atoms with Gasteiger partial charge in [-0.2, -0.15) is 10.6 Å². The van der Waals surface area contributed by atoms with E-state index in [1.165, 1.54) is 0 Å². The summed E-state index contributed by atoms with van der Waals surface area (Å²) in [5, 5.41) is 0. The summed E-state index contributed by atoms with van der Waals surface area (Å²) < 4.78 is 19.3. The quantitative estimate of drug-likeness (QED) is 0.584. The smallest absolute Gasteiger partial charge is 0.0846 e. The average molecular weight is 177 g/mol. The van der Waals surface area contributed by atoms with Gasteiger partial charge in [-0.05, 0) is 19.9 Å². The normalized spacial score (nSPS) is 37.0. The Labute approximate surface area is 68.7 Å². The molecule has 0 aliphatic carbocycles. The molecule has 4 heteroatoms. The van der Waals surface area contributed by atoms with Crippen molar-refractivity contribution in [1.82, 2.24) is 4.90 Å². The minimum atomic E-state index is -2.22. The Kier molecular flexibility index (Phi) is 1.52. The van der Waals surface area contributed by atoms with Crippen LogP contribution in [0.1, 0.15) is 12.8 Å². The van der Waals surface area contributed by atoms with Crippen LogP contribution in [0.15, 0.2) is 0 Å². The lowest BCUT2D eigenvalue weighted by Gasteiger charge is -2.55. The molecule has 2 aliphatic heterocycles. The van der Waals surface area contributed by atoms with Gasteiger partial charge in [0.25, 0.3) is 0 Å². The van der Waals surface area contributed by atoms with Crippen LogP contribution in [0.3, 0.4) is 0 Å². The SMILES string of the molecule is CN1CC2(CCCS2(O)O)C1. The van der Waals surface area contributed by atoms with E-state index < -0.39 is 10.6 Å². The highest BCUT2D eigenvalue weighted by molar-refractivity contribution is 8.25. The molecule has 0 unspecified atom stereocenters. The summed E-state index contributed by atoms with van der Waals surface area (Å²) in [4.78, 5) is 2.15. The van der Waals surface area contributed by atoms with Crippen LogP contribution in [-0.4, -0.2) is 44.6 Å². The van der Waals surface area contributed by atoms with Gasteiger partial charge < -0.3 is 4.90 Å². The van der Waals surface area contributed by atoms with Crippen LogP contribution in [0.2, 0.25) is 0 Å². The molecule has 2 saturated heterocycles. The standard InChI is InChI=1S/C7H15NO2S/c1-8-5-7(6-8)3-2-4-11(7,9)10/h9-10H,2-6H2,1H3. The van der Waals surface area contributed by atoms with Crippen molar-refractivity contribution >= 4 is 10.6 Å². The zero-order chi connectivity index (χ0) is 8.11. The molecule has 0 aromatic heterocycles. The second kappa shape index (κ2) is 2.13. The van der Waals surface area contributed by atoms with Crippen molar-refractivity contribution in [3.05, 3.63) is 0 Å². The van der Waals surface area contributed by atoms with Crippen molar-refractivity contribution in [3.8, 4) is 0 Å². The lowest BCUT2D eigenvalue weighted by atomic mass is 9.95. The van der Waals surface area contributed by atoms with E-state index >= 15 is 0 Å². The van der Waals surface area contributed by atoms with Crippen molar-refractivity contribution in [2.45, 2.75) is 17.6 Å². The summed E-state index contributed by atoms with van der Waals surface area (Å²) in [6, 6.07) is 0. The number of rotatable bonds is 0. The second-order valence-electron chi connectivity index (χ2n) is 3.83. The molecule has 2 fully saturated rings. The molecule has 0 atom stereocenters. The summed E-state index contributed by atoms with van der Waals surface area (Å²) in [5.74, 6) is 0.640. The molecule has 0 aromatic rings. The molecule has 2 heterocycles. The molecule has 0 saturated carbocycles. The molecule has 0 amide bonds. The molecule has 0 aromatic carbocycles. The predicted octanol–water partition coefficient (Wildman–Crippen LogP) is 1.21. The van der Waals surface area contributed by atoms with Gasteiger partial charge >= 0.3 is 0 Å². The first-order valence-corrected chi connectivity index (χ1v) is 5.71. The van der Waals surface area contributed by atoms with Crippen molar-refractivity contribution in [2.24, 2.45) is 0 Å². The van der Waals surface area contributed by atoms with Crippen molar-refractivity contribution in [1.29, 1.82) is 0 Å². The fourth-order valence-electron chi connectivity index (χ4n) is 2.28. The second-order valence-corrected chi connectivity index (χ2v) is 6.44. The van der Waals surface area contributed by atoms with E-state index in [1.807, 2.05) is 7.05 Å². The minimum Gasteiger partial charge on any atom is -0.302 e. The van der Waals surface area contributed by atoms with Crippen LogP contribution in [0, 0.1) is 0 Å². The van der Waals surface area contributed by atoms with Crippen molar-refractivity contribution in [3.63, 3.8) is 0 Å². The maximum atomic E-state index is 9.69. The molecule has 1 spiro atoms. The fourth-order valence-corrected chi connectivity index (χ4v) is 4.58. The first-order chi connectivity index (χ1) is 5.06. The van der Waals surface area contributed by atoms with E-state index in [4.69, 9.17) is 0 Å². The Morgan fingerprint density at radius 2 is 2.00 bits per heavy atom. The third-order valence-electron chi connectivity index (χ3n) is 2.87. The average Bonchev–Trinajstić information content (AvgIpc) is 2.07. The van der Waals surface area contributed by atoms with Gasteiger partial charge in [-0.25, -0.2) is 0 Å². The van der Waals surface area contributed by atoms with Gasteiger partial charge in [0.15, 0.2) is 0 Å². The van der Waals surface area contributed by atoms with Gasteiger partial charge in [0, 0.05) is 18.8 Å². The molecule has 11 heavy (non-hydrogen) atoms. The first kappa shape index (κ1) is 7.86. The van der Waals surface area contributed by atoms with Crippen LogP contribution < -0.4 is 0 Å². The topological polar surface area (TPSA) is 43.7 Å². The lowest BCUT2D eigenvalue weighted by Crippen LogP contribution is -2.60. The highest BCUT2D eigenvalue weighted by atomic mass is 32.3. The van der Waals surface area contributed by atoms with Crippen LogP contribution in [0.4, 0.5) is 0 Å². The van der Waals surface area contributed by atoms with Gasteiger partial charge in [-0.15, -0.1) is 0 Å². The van der Waals surface area contributed by atoms with Crippen LogP contribution >= 0.6 is 10.6 Å². The number of likely N-dealkylation sites (tertiary alicyclic amines) is 1. The largest absolute Gasteiger partial charge is 0.302 e. The fraction of sp³-hybridized carbons (Fsp3) is 1.00. The van der Waals surface area contributed by atoms with Gasteiger partial charge in [0.2, 0.25) is 0 Å². The minimum absolute atomic E-state index is 0.0955. The van der Waals surface area contributed by atoms with E-state index in [0.29, 0.717) is 5.75 Å². The number of hydrogen-bond donors (Lipinski definition) is 2. The highest BCUT2D eigenvalue weighted by Gasteiger charge is 2.53. The molecule has 2 aliphatic rings. The molecule has 0 bridgehead atoms.